The lowest BCUT2D eigenvalue weighted by molar-refractivity contribution is 0.0705. The summed E-state index contributed by atoms with van der Waals surface area (Å²) in [6.45, 7) is 8.51. The number of aromatic amines is 1. The molecular formula is C23H27N3O2. The van der Waals surface area contributed by atoms with E-state index in [1.807, 2.05) is 31.3 Å². The molecule has 1 atom stereocenters. The van der Waals surface area contributed by atoms with Crippen molar-refractivity contribution in [3.63, 3.8) is 0 Å². The summed E-state index contributed by atoms with van der Waals surface area (Å²) in [7, 11) is 1.84. The van der Waals surface area contributed by atoms with Crippen LogP contribution in [-0.2, 0) is 0 Å². The Kier molecular flexibility index (Phi) is 4.75. The third-order valence-electron chi connectivity index (χ3n) is 5.45. The molecule has 2 heterocycles. The molecule has 3 aromatic rings. The third-order valence-corrected chi connectivity index (χ3v) is 5.45. The molecule has 1 unspecified atom stereocenters. The number of amides is 1. The smallest absolute Gasteiger partial charge is 0.270 e. The largest absolute Gasteiger partial charge is 0.485 e. The van der Waals surface area contributed by atoms with E-state index in [0.29, 0.717) is 12.2 Å². The van der Waals surface area contributed by atoms with Gasteiger partial charge >= 0.3 is 0 Å². The van der Waals surface area contributed by atoms with E-state index in [4.69, 9.17) is 4.74 Å². The van der Waals surface area contributed by atoms with Gasteiger partial charge in [0.25, 0.3) is 5.91 Å². The Hall–Kier alpha value is -2.95. The molecule has 0 saturated carbocycles. The fraction of sp³-hybridized carbons (Fsp3) is 0.348. The number of carbonyl (C=O) groups is 1. The summed E-state index contributed by atoms with van der Waals surface area (Å²) in [5.74, 6) is 0.872. The lowest BCUT2D eigenvalue weighted by Gasteiger charge is -2.37. The molecule has 28 heavy (non-hydrogen) atoms. The minimum absolute atomic E-state index is 0.0150. The lowest BCUT2D eigenvalue weighted by Crippen LogP contribution is -2.46. The van der Waals surface area contributed by atoms with Gasteiger partial charge in [-0.1, -0.05) is 18.2 Å². The van der Waals surface area contributed by atoms with E-state index in [2.05, 4.69) is 48.9 Å². The second kappa shape index (κ2) is 7.23. The second-order valence-corrected chi connectivity index (χ2v) is 7.66. The van der Waals surface area contributed by atoms with Crippen LogP contribution in [0.2, 0.25) is 0 Å². The molecule has 0 saturated heterocycles. The average Bonchev–Trinajstić information content (AvgIpc) is 3.11. The van der Waals surface area contributed by atoms with Crippen LogP contribution in [0.3, 0.4) is 0 Å². The number of anilines is 1. The van der Waals surface area contributed by atoms with Gasteiger partial charge in [0, 0.05) is 24.5 Å². The molecule has 1 aromatic heterocycles. The maximum absolute atomic E-state index is 13.0. The number of nitrogens with zero attached hydrogens (tertiary/aromatic N) is 2. The topological polar surface area (TPSA) is 48.6 Å². The van der Waals surface area contributed by atoms with E-state index >= 15 is 0 Å². The number of likely N-dealkylation sites (N-methyl/N-ethyl adjacent to an activating group) is 2. The Morgan fingerprint density at radius 1 is 1.25 bits per heavy atom. The molecule has 1 aliphatic rings. The zero-order chi connectivity index (χ0) is 19.8. The molecule has 0 radical (unpaired) electrons. The molecular weight excluding hydrogens is 350 g/mol. The first kappa shape index (κ1) is 18.4. The molecule has 4 rings (SSSR count). The molecule has 0 spiro atoms. The van der Waals surface area contributed by atoms with E-state index in [1.54, 1.807) is 4.90 Å². The molecule has 146 valence electrons. The van der Waals surface area contributed by atoms with Crippen LogP contribution < -0.4 is 9.64 Å². The van der Waals surface area contributed by atoms with E-state index in [9.17, 15) is 4.79 Å². The van der Waals surface area contributed by atoms with Gasteiger partial charge in [-0.2, -0.15) is 0 Å². The van der Waals surface area contributed by atoms with E-state index in [1.165, 1.54) is 11.1 Å². The second-order valence-electron chi connectivity index (χ2n) is 7.66. The maximum Gasteiger partial charge on any atom is 0.270 e. The van der Waals surface area contributed by atoms with Crippen molar-refractivity contribution in [1.82, 2.24) is 9.88 Å². The van der Waals surface area contributed by atoms with Crippen LogP contribution in [-0.4, -0.2) is 48.6 Å². The summed E-state index contributed by atoms with van der Waals surface area (Å²) in [4.78, 5) is 20.3. The molecule has 5 heteroatoms. The first-order valence-corrected chi connectivity index (χ1v) is 9.82. The Bertz CT molecular complexity index is 1020. The highest BCUT2D eigenvalue weighted by Crippen LogP contribution is 2.33. The van der Waals surface area contributed by atoms with Crippen molar-refractivity contribution in [1.29, 1.82) is 0 Å². The SMILES string of the molecule is CCN1CC(CN(C)C(=O)c2cc3c(C)cc(C)cc3[nH]2)Oc2ccccc21. The van der Waals surface area contributed by atoms with Crippen LogP contribution >= 0.6 is 0 Å². The first-order valence-electron chi connectivity index (χ1n) is 9.82. The number of nitrogens with one attached hydrogen (secondary N) is 1. The number of hydrogen-bond donors (Lipinski definition) is 1. The number of aromatic nitrogens is 1. The zero-order valence-corrected chi connectivity index (χ0v) is 17.0. The number of aryl methyl sites for hydroxylation is 2. The molecule has 1 amide bonds. The Labute approximate surface area is 165 Å². The average molecular weight is 377 g/mol. The number of fused-ring (bicyclic) bond motifs is 2. The molecule has 5 nitrogen and oxygen atoms in total. The van der Waals surface area contributed by atoms with Crippen LogP contribution in [0.25, 0.3) is 10.9 Å². The highest BCUT2D eigenvalue weighted by atomic mass is 16.5. The van der Waals surface area contributed by atoms with Crippen molar-refractivity contribution in [3.05, 3.63) is 59.3 Å². The molecule has 0 fully saturated rings. The number of para-hydroxylation sites is 2. The molecule has 2 aromatic carbocycles. The molecule has 1 aliphatic heterocycles. The maximum atomic E-state index is 13.0. The van der Waals surface area contributed by atoms with Gasteiger partial charge in [-0.3, -0.25) is 4.79 Å². The van der Waals surface area contributed by atoms with E-state index in [-0.39, 0.29) is 12.0 Å². The van der Waals surface area contributed by atoms with E-state index < -0.39 is 0 Å². The van der Waals surface area contributed by atoms with Crippen LogP contribution in [0.1, 0.15) is 28.5 Å². The summed E-state index contributed by atoms with van der Waals surface area (Å²) >= 11 is 0. The van der Waals surface area contributed by atoms with E-state index in [0.717, 1.165) is 35.4 Å². The fourth-order valence-electron chi connectivity index (χ4n) is 4.08. The van der Waals surface area contributed by atoms with Gasteiger partial charge in [-0.05, 0) is 56.2 Å². The summed E-state index contributed by atoms with van der Waals surface area (Å²) in [6, 6.07) is 14.3. The number of hydrogen-bond acceptors (Lipinski definition) is 3. The quantitative estimate of drug-likeness (QED) is 0.743. The first-order chi connectivity index (χ1) is 13.5. The summed E-state index contributed by atoms with van der Waals surface area (Å²) in [5.41, 5.74) is 5.12. The number of rotatable bonds is 4. The van der Waals surface area contributed by atoms with Crippen molar-refractivity contribution < 1.29 is 9.53 Å². The Balaban J connectivity index is 1.52. The van der Waals surface area contributed by atoms with Crippen molar-refractivity contribution in [3.8, 4) is 5.75 Å². The van der Waals surface area contributed by atoms with Gasteiger partial charge in [0.15, 0.2) is 0 Å². The highest BCUT2D eigenvalue weighted by Gasteiger charge is 2.27. The number of ether oxygens (including phenoxy) is 1. The van der Waals surface area contributed by atoms with Gasteiger partial charge in [-0.15, -0.1) is 0 Å². The Morgan fingerprint density at radius 2 is 2.04 bits per heavy atom. The van der Waals surface area contributed by atoms with Gasteiger partial charge in [0.1, 0.15) is 17.5 Å². The number of carbonyl (C=O) groups excluding carboxylic acids is 1. The van der Waals surface area contributed by atoms with Crippen LogP contribution in [0, 0.1) is 13.8 Å². The number of H-pyrrole nitrogens is 1. The highest BCUT2D eigenvalue weighted by molar-refractivity contribution is 5.98. The van der Waals surface area contributed by atoms with Crippen molar-refractivity contribution in [2.24, 2.45) is 0 Å². The van der Waals surface area contributed by atoms with Gasteiger partial charge in [0.2, 0.25) is 0 Å². The predicted molar refractivity (Wildman–Crippen MR) is 113 cm³/mol. The standard InChI is InChI=1S/C23H27N3O2/c1-5-26-14-17(28-22-9-7-6-8-21(22)26)13-25(4)23(27)20-12-18-16(3)10-15(2)11-19(18)24-20/h6-12,17,24H,5,13-14H2,1-4H3. The number of benzene rings is 2. The molecule has 0 bridgehead atoms. The third kappa shape index (κ3) is 3.33. The van der Waals surface area contributed by atoms with Crippen LogP contribution in [0.15, 0.2) is 42.5 Å². The molecule has 0 aliphatic carbocycles. The van der Waals surface area contributed by atoms with Crippen molar-refractivity contribution >= 4 is 22.5 Å². The minimum Gasteiger partial charge on any atom is -0.485 e. The van der Waals surface area contributed by atoms with Gasteiger partial charge in [0.05, 0.1) is 18.8 Å². The minimum atomic E-state index is -0.0582. The molecule has 1 N–H and O–H groups in total. The fourth-order valence-corrected chi connectivity index (χ4v) is 4.08. The van der Waals surface area contributed by atoms with Crippen LogP contribution in [0.5, 0.6) is 5.75 Å². The normalized spacial score (nSPS) is 16.0. The predicted octanol–water partition coefficient (Wildman–Crippen LogP) is 4.14. The van der Waals surface area contributed by atoms with Crippen molar-refractivity contribution in [2.45, 2.75) is 26.9 Å². The zero-order valence-electron chi connectivity index (χ0n) is 17.0. The van der Waals surface area contributed by atoms with Crippen molar-refractivity contribution in [2.75, 3.05) is 31.6 Å². The summed E-state index contributed by atoms with van der Waals surface area (Å²) in [6.07, 6.45) is -0.0582. The monoisotopic (exact) mass is 377 g/mol. The Morgan fingerprint density at radius 3 is 2.82 bits per heavy atom. The van der Waals surface area contributed by atoms with Crippen LogP contribution in [0.4, 0.5) is 5.69 Å². The van der Waals surface area contributed by atoms with Gasteiger partial charge in [-0.25, -0.2) is 0 Å². The summed E-state index contributed by atoms with van der Waals surface area (Å²) < 4.78 is 6.17. The van der Waals surface area contributed by atoms with Gasteiger partial charge < -0.3 is 19.5 Å². The lowest BCUT2D eigenvalue weighted by atomic mass is 10.1. The summed E-state index contributed by atoms with van der Waals surface area (Å²) in [5, 5.41) is 1.10.